The zero-order valence-corrected chi connectivity index (χ0v) is 20.9. The molecule has 0 spiro atoms. The second-order valence-corrected chi connectivity index (χ2v) is 9.75. The molecule has 1 N–H and O–H groups in total. The van der Waals surface area contributed by atoms with E-state index in [-0.39, 0.29) is 34.5 Å². The summed E-state index contributed by atoms with van der Waals surface area (Å²) in [7, 11) is 0. The van der Waals surface area contributed by atoms with Gasteiger partial charge in [0.2, 0.25) is 5.91 Å². The summed E-state index contributed by atoms with van der Waals surface area (Å²) in [6.45, 7) is 8.16. The van der Waals surface area contributed by atoms with E-state index in [1.54, 1.807) is 34.6 Å². The van der Waals surface area contributed by atoms with Crippen LogP contribution < -0.4 is 5.32 Å². The lowest BCUT2D eigenvalue weighted by atomic mass is 10.1. The third kappa shape index (κ3) is 6.22. The molecule has 192 valence electrons. The van der Waals surface area contributed by atoms with Crippen LogP contribution >= 0.6 is 11.3 Å². The van der Waals surface area contributed by atoms with Crippen molar-refractivity contribution in [3.63, 3.8) is 0 Å². The molecule has 12 heteroatoms. The Morgan fingerprint density at radius 1 is 1.23 bits per heavy atom. The van der Waals surface area contributed by atoms with Crippen molar-refractivity contribution < 1.29 is 37.0 Å². The predicted molar refractivity (Wildman–Crippen MR) is 123 cm³/mol. The summed E-state index contributed by atoms with van der Waals surface area (Å²) in [4.78, 5) is 38.2. The van der Waals surface area contributed by atoms with Crippen LogP contribution in [0.15, 0.2) is 6.07 Å². The molecule has 1 amide bonds. The van der Waals surface area contributed by atoms with Crippen LogP contribution in [0.1, 0.15) is 83.4 Å². The van der Waals surface area contributed by atoms with Gasteiger partial charge in [-0.3, -0.25) is 9.48 Å². The first-order chi connectivity index (χ1) is 16.3. The molecule has 1 fully saturated rings. The van der Waals surface area contributed by atoms with Gasteiger partial charge in [-0.25, -0.2) is 9.59 Å². The zero-order valence-electron chi connectivity index (χ0n) is 20.1. The van der Waals surface area contributed by atoms with Gasteiger partial charge in [0.05, 0.1) is 30.7 Å². The maximum Gasteiger partial charge on any atom is 0.435 e. The quantitative estimate of drug-likeness (QED) is 0.463. The van der Waals surface area contributed by atoms with Gasteiger partial charge >= 0.3 is 18.1 Å². The number of carbonyl (C=O) groups is 3. The molecule has 2 aromatic heterocycles. The number of amides is 1. The van der Waals surface area contributed by atoms with Gasteiger partial charge in [0.1, 0.15) is 9.88 Å². The highest BCUT2D eigenvalue weighted by Crippen LogP contribution is 2.42. The third-order valence-corrected chi connectivity index (χ3v) is 6.57. The minimum absolute atomic E-state index is 0.00153. The number of nitrogens with zero attached hydrogens (tertiary/aromatic N) is 2. The summed E-state index contributed by atoms with van der Waals surface area (Å²) in [6.07, 6.45) is -3.46. The highest BCUT2D eigenvalue weighted by molar-refractivity contribution is 7.18. The van der Waals surface area contributed by atoms with Crippen molar-refractivity contribution in [1.82, 2.24) is 9.78 Å². The number of halogens is 3. The van der Waals surface area contributed by atoms with Crippen LogP contribution in [-0.4, -0.2) is 40.3 Å². The first-order valence-electron chi connectivity index (χ1n) is 11.3. The number of anilines is 1. The summed E-state index contributed by atoms with van der Waals surface area (Å²) in [5, 5.41) is 6.46. The van der Waals surface area contributed by atoms with Gasteiger partial charge in [-0.1, -0.05) is 6.92 Å². The molecule has 2 aromatic rings. The number of thiophene rings is 1. The first-order valence-corrected chi connectivity index (χ1v) is 12.1. The summed E-state index contributed by atoms with van der Waals surface area (Å²) in [5.74, 6) is -2.65. The fourth-order valence-corrected chi connectivity index (χ4v) is 4.60. The molecule has 1 saturated carbocycles. The van der Waals surface area contributed by atoms with E-state index in [0.29, 0.717) is 11.3 Å². The van der Waals surface area contributed by atoms with Crippen LogP contribution in [0, 0.1) is 12.8 Å². The lowest BCUT2D eigenvalue weighted by Gasteiger charge is -2.15. The number of hydrogen-bond donors (Lipinski definition) is 1. The monoisotopic (exact) mass is 515 g/mol. The van der Waals surface area contributed by atoms with E-state index in [2.05, 4.69) is 10.4 Å². The molecule has 2 heterocycles. The molecule has 0 saturated heterocycles. The number of ether oxygens (including phenoxy) is 2. The standard InChI is InChI=1S/C23H28F3N3O5S/c1-6-33-22(32)18-13(5)17(21(31)34-11(2)3)20(35-18)27-19(30)12(4)10-29-15(14-7-8-14)9-16(28-29)23(24,25)26/h9,11-12,14H,6-8,10H2,1-5H3,(H,27,30). The predicted octanol–water partition coefficient (Wildman–Crippen LogP) is 5.17. The van der Waals surface area contributed by atoms with Gasteiger partial charge in [0, 0.05) is 11.6 Å². The van der Waals surface area contributed by atoms with Crippen LogP contribution in [0.25, 0.3) is 0 Å². The maximum absolute atomic E-state index is 13.2. The smallest absolute Gasteiger partial charge is 0.435 e. The first kappa shape index (κ1) is 26.7. The molecule has 8 nitrogen and oxygen atoms in total. The van der Waals surface area contributed by atoms with Crippen molar-refractivity contribution in [3.8, 4) is 0 Å². The largest absolute Gasteiger partial charge is 0.462 e. The van der Waals surface area contributed by atoms with Gasteiger partial charge in [-0.05, 0) is 52.2 Å². The Morgan fingerprint density at radius 3 is 2.43 bits per heavy atom. The minimum atomic E-state index is -4.58. The van der Waals surface area contributed by atoms with Crippen molar-refractivity contribution in [2.45, 2.75) is 72.2 Å². The Kier molecular flexibility index (Phi) is 7.93. The summed E-state index contributed by atoms with van der Waals surface area (Å²) >= 11 is 0.889. The second-order valence-electron chi connectivity index (χ2n) is 8.73. The van der Waals surface area contributed by atoms with Crippen molar-refractivity contribution in [2.24, 2.45) is 5.92 Å². The van der Waals surface area contributed by atoms with Crippen molar-refractivity contribution in [1.29, 1.82) is 0 Å². The van der Waals surface area contributed by atoms with Gasteiger partial charge < -0.3 is 14.8 Å². The molecule has 0 aliphatic heterocycles. The molecule has 0 aromatic carbocycles. The van der Waals surface area contributed by atoms with Crippen LogP contribution in [0.3, 0.4) is 0 Å². The van der Waals surface area contributed by atoms with Crippen LogP contribution in [-0.2, 0) is 27.0 Å². The summed E-state index contributed by atoms with van der Waals surface area (Å²) in [5.41, 5.74) is -0.169. The maximum atomic E-state index is 13.2. The van der Waals surface area contributed by atoms with Crippen LogP contribution in [0.2, 0.25) is 0 Å². The Bertz CT molecular complexity index is 1120. The fourth-order valence-electron chi connectivity index (χ4n) is 3.51. The van der Waals surface area contributed by atoms with E-state index in [0.717, 1.165) is 30.2 Å². The minimum Gasteiger partial charge on any atom is -0.462 e. The topological polar surface area (TPSA) is 99.5 Å². The Morgan fingerprint density at radius 2 is 1.89 bits per heavy atom. The normalized spacial score (nSPS) is 14.7. The Hall–Kier alpha value is -2.89. The molecule has 1 atom stereocenters. The van der Waals surface area contributed by atoms with E-state index in [9.17, 15) is 27.6 Å². The van der Waals surface area contributed by atoms with Gasteiger partial charge in [0.25, 0.3) is 0 Å². The van der Waals surface area contributed by atoms with Crippen molar-refractivity contribution in [2.75, 3.05) is 11.9 Å². The SMILES string of the molecule is CCOC(=O)c1sc(NC(=O)C(C)Cn2nc(C(F)(F)F)cc2C2CC2)c(C(=O)OC(C)C)c1C. The number of aromatic nitrogens is 2. The highest BCUT2D eigenvalue weighted by Gasteiger charge is 2.38. The third-order valence-electron chi connectivity index (χ3n) is 5.38. The lowest BCUT2D eigenvalue weighted by Crippen LogP contribution is -2.26. The molecule has 1 unspecified atom stereocenters. The molecular formula is C23H28F3N3O5S. The van der Waals surface area contributed by atoms with Crippen LogP contribution in [0.4, 0.5) is 18.2 Å². The number of hydrogen-bond acceptors (Lipinski definition) is 7. The van der Waals surface area contributed by atoms with Crippen molar-refractivity contribution in [3.05, 3.63) is 33.5 Å². The second kappa shape index (κ2) is 10.4. The van der Waals surface area contributed by atoms with E-state index in [4.69, 9.17) is 9.47 Å². The van der Waals surface area contributed by atoms with E-state index in [1.165, 1.54) is 4.68 Å². The molecule has 3 rings (SSSR count). The van der Waals surface area contributed by atoms with Gasteiger partial charge in [-0.15, -0.1) is 11.3 Å². The van der Waals surface area contributed by atoms with E-state index in [1.807, 2.05) is 0 Å². The molecular weight excluding hydrogens is 487 g/mol. The average Bonchev–Trinajstić information content (AvgIpc) is 3.41. The van der Waals surface area contributed by atoms with E-state index >= 15 is 0 Å². The summed E-state index contributed by atoms with van der Waals surface area (Å²) < 4.78 is 51.1. The number of alkyl halides is 3. The number of esters is 2. The molecule has 0 radical (unpaired) electrons. The molecule has 35 heavy (non-hydrogen) atoms. The number of nitrogens with one attached hydrogen (secondary N) is 1. The highest BCUT2D eigenvalue weighted by atomic mass is 32.1. The lowest BCUT2D eigenvalue weighted by molar-refractivity contribution is -0.141. The van der Waals surface area contributed by atoms with Gasteiger partial charge in [-0.2, -0.15) is 18.3 Å². The summed E-state index contributed by atoms with van der Waals surface area (Å²) in [6, 6.07) is 1.04. The van der Waals surface area contributed by atoms with Crippen LogP contribution in [0.5, 0.6) is 0 Å². The van der Waals surface area contributed by atoms with E-state index < -0.39 is 41.7 Å². The number of rotatable bonds is 9. The zero-order chi connectivity index (χ0) is 26.1. The average molecular weight is 516 g/mol. The van der Waals surface area contributed by atoms with Gasteiger partial charge in [0.15, 0.2) is 5.69 Å². The Balaban J connectivity index is 1.85. The number of carbonyl (C=O) groups excluding carboxylic acids is 3. The Labute approximate surface area is 204 Å². The fraction of sp³-hybridized carbons (Fsp3) is 0.565. The molecule has 0 bridgehead atoms. The molecule has 1 aliphatic carbocycles. The molecule has 1 aliphatic rings. The van der Waals surface area contributed by atoms with Crippen molar-refractivity contribution >= 4 is 34.2 Å².